The van der Waals surface area contributed by atoms with Gasteiger partial charge in [0.1, 0.15) is 0 Å². The number of rotatable bonds is 4. The first-order valence-corrected chi connectivity index (χ1v) is 7.21. The summed E-state index contributed by atoms with van der Waals surface area (Å²) in [7, 11) is 1.38. The zero-order valence-electron chi connectivity index (χ0n) is 12.3. The molecular formula is C16H18N2O3. The van der Waals surface area contributed by atoms with Crippen LogP contribution in [0.4, 0.5) is 0 Å². The van der Waals surface area contributed by atoms with E-state index in [1.165, 1.54) is 7.11 Å². The summed E-state index contributed by atoms with van der Waals surface area (Å²) < 4.78 is 5.62. The molecule has 0 spiro atoms. The number of hydrogen-bond acceptors (Lipinski definition) is 4. The Hall–Kier alpha value is -2.09. The van der Waals surface area contributed by atoms with E-state index < -0.39 is 0 Å². The van der Waals surface area contributed by atoms with Crippen LogP contribution in [0.2, 0.25) is 0 Å². The van der Waals surface area contributed by atoms with Gasteiger partial charge in [-0.25, -0.2) is 0 Å². The average Bonchev–Trinajstić information content (AvgIpc) is 3.37. The number of nitrogens with zero attached hydrogens (tertiary/aromatic N) is 2. The molecule has 1 aromatic heterocycles. The second-order valence-corrected chi connectivity index (χ2v) is 6.25. The highest BCUT2D eigenvalue weighted by Gasteiger charge is 2.47. The van der Waals surface area contributed by atoms with E-state index in [2.05, 4.69) is 6.07 Å². The maximum absolute atomic E-state index is 12.1. The summed E-state index contributed by atoms with van der Waals surface area (Å²) in [4.78, 5) is 11.5. The van der Waals surface area contributed by atoms with Crippen molar-refractivity contribution in [1.29, 1.82) is 5.26 Å². The maximum atomic E-state index is 12.1. The van der Waals surface area contributed by atoms with Gasteiger partial charge in [-0.15, -0.1) is 0 Å². The third kappa shape index (κ3) is 2.46. The fourth-order valence-corrected chi connectivity index (χ4v) is 2.92. The minimum absolute atomic E-state index is 0.0780. The molecule has 2 aliphatic carbocycles. The largest absolute Gasteiger partial charge is 0.618 e. The van der Waals surface area contributed by atoms with Crippen molar-refractivity contribution in [3.63, 3.8) is 0 Å². The van der Waals surface area contributed by atoms with E-state index in [4.69, 9.17) is 4.74 Å². The van der Waals surface area contributed by atoms with Crippen LogP contribution in [0.15, 0.2) is 12.3 Å². The fraction of sp³-hybridized carbons (Fsp3) is 0.562. The molecule has 0 aliphatic heterocycles. The van der Waals surface area contributed by atoms with Crippen molar-refractivity contribution >= 4 is 5.97 Å². The van der Waals surface area contributed by atoms with E-state index in [-0.39, 0.29) is 23.2 Å². The molecule has 5 nitrogen and oxygen atoms in total. The minimum Gasteiger partial charge on any atom is -0.618 e. The lowest BCUT2D eigenvalue weighted by Crippen LogP contribution is -2.32. The molecule has 0 aromatic carbocycles. The molecule has 2 atom stereocenters. The van der Waals surface area contributed by atoms with Crippen LogP contribution in [-0.4, -0.2) is 13.1 Å². The Balaban J connectivity index is 1.85. The Kier molecular flexibility index (Phi) is 3.12. The van der Waals surface area contributed by atoms with Crippen molar-refractivity contribution in [2.24, 2.45) is 11.3 Å². The predicted octanol–water partition coefficient (Wildman–Crippen LogP) is 1.75. The number of hydrogen-bond donors (Lipinski definition) is 0. The molecule has 0 N–H and O–H groups in total. The first-order chi connectivity index (χ1) is 9.99. The van der Waals surface area contributed by atoms with Crippen molar-refractivity contribution in [3.05, 3.63) is 34.3 Å². The lowest BCUT2D eigenvalue weighted by Gasteiger charge is -2.11. The second kappa shape index (κ2) is 4.73. The van der Waals surface area contributed by atoms with Crippen molar-refractivity contribution in [1.82, 2.24) is 0 Å². The number of carbonyl (C=O) groups excluding carboxylic acids is 1. The van der Waals surface area contributed by atoms with Gasteiger partial charge in [0.25, 0.3) is 0 Å². The van der Waals surface area contributed by atoms with Gasteiger partial charge < -0.3 is 9.94 Å². The molecule has 0 radical (unpaired) electrons. The molecule has 0 amide bonds. The van der Waals surface area contributed by atoms with E-state index in [1.807, 2.05) is 6.07 Å². The first kappa shape index (κ1) is 13.9. The van der Waals surface area contributed by atoms with Gasteiger partial charge in [0.2, 0.25) is 0 Å². The maximum Gasteiger partial charge on any atom is 0.309 e. The topological polar surface area (TPSA) is 77.0 Å². The van der Waals surface area contributed by atoms with E-state index >= 15 is 0 Å². The monoisotopic (exact) mass is 286 g/mol. The zero-order valence-corrected chi connectivity index (χ0v) is 12.3. The van der Waals surface area contributed by atoms with Crippen LogP contribution in [0.25, 0.3) is 0 Å². The Morgan fingerprint density at radius 1 is 1.62 bits per heavy atom. The molecule has 5 heteroatoms. The highest BCUT2D eigenvalue weighted by atomic mass is 16.5. The lowest BCUT2D eigenvalue weighted by atomic mass is 9.95. The van der Waals surface area contributed by atoms with Gasteiger partial charge in [-0.3, -0.25) is 4.79 Å². The highest BCUT2D eigenvalue weighted by molar-refractivity contribution is 5.77. The lowest BCUT2D eigenvalue weighted by molar-refractivity contribution is -0.613. The number of esters is 1. The summed E-state index contributed by atoms with van der Waals surface area (Å²) in [5.74, 6) is -0.263. The van der Waals surface area contributed by atoms with Crippen LogP contribution in [-0.2, 0) is 16.0 Å². The van der Waals surface area contributed by atoms with Crippen LogP contribution < -0.4 is 4.73 Å². The molecule has 0 saturated heterocycles. The van der Waals surface area contributed by atoms with Gasteiger partial charge in [0.15, 0.2) is 11.9 Å². The van der Waals surface area contributed by atoms with Gasteiger partial charge in [0, 0.05) is 24.0 Å². The normalized spacial score (nSPS) is 25.0. The molecule has 3 rings (SSSR count). The molecule has 1 heterocycles. The summed E-state index contributed by atoms with van der Waals surface area (Å²) in [6.07, 6.45) is 4.72. The zero-order chi connectivity index (χ0) is 15.2. The Morgan fingerprint density at radius 3 is 2.90 bits per heavy atom. The van der Waals surface area contributed by atoms with Crippen LogP contribution in [0.3, 0.4) is 0 Å². The highest BCUT2D eigenvalue weighted by Crippen LogP contribution is 2.50. The van der Waals surface area contributed by atoms with E-state index in [0.29, 0.717) is 12.1 Å². The molecule has 2 fully saturated rings. The van der Waals surface area contributed by atoms with Crippen molar-refractivity contribution in [3.8, 4) is 6.07 Å². The average molecular weight is 286 g/mol. The third-order valence-corrected chi connectivity index (χ3v) is 4.74. The Labute approximate surface area is 123 Å². The number of carbonyl (C=O) groups is 1. The van der Waals surface area contributed by atoms with Crippen LogP contribution >= 0.6 is 0 Å². The van der Waals surface area contributed by atoms with E-state index in [1.54, 1.807) is 13.1 Å². The standard InChI is InChI=1S/C16H18N2O3/c1-10-11(7-16(9-17)3-4-16)5-12(8-18(10)20)13-6-14(13)15(19)21-2/h5,8,13-14H,3-4,6-7H2,1-2H3. The third-order valence-electron chi connectivity index (χ3n) is 4.74. The summed E-state index contributed by atoms with van der Waals surface area (Å²) >= 11 is 0. The summed E-state index contributed by atoms with van der Waals surface area (Å²) in [5, 5.41) is 21.3. The van der Waals surface area contributed by atoms with Crippen LogP contribution in [0, 0.1) is 34.8 Å². The molecular weight excluding hydrogens is 268 g/mol. The molecule has 2 aliphatic rings. The number of pyridine rings is 1. The quantitative estimate of drug-likeness (QED) is 0.480. The van der Waals surface area contributed by atoms with Gasteiger partial charge in [-0.05, 0) is 31.7 Å². The Bertz CT molecular complexity index is 644. The molecule has 1 aromatic rings. The minimum atomic E-state index is -0.276. The van der Waals surface area contributed by atoms with Gasteiger partial charge in [0.05, 0.1) is 24.5 Å². The molecule has 21 heavy (non-hydrogen) atoms. The van der Waals surface area contributed by atoms with Gasteiger partial charge in [-0.2, -0.15) is 9.99 Å². The van der Waals surface area contributed by atoms with Gasteiger partial charge in [-0.1, -0.05) is 0 Å². The number of methoxy groups -OCH3 is 1. The second-order valence-electron chi connectivity index (χ2n) is 6.25. The van der Waals surface area contributed by atoms with Crippen molar-refractivity contribution in [2.75, 3.05) is 7.11 Å². The van der Waals surface area contributed by atoms with Gasteiger partial charge >= 0.3 is 5.97 Å². The predicted molar refractivity (Wildman–Crippen MR) is 74.0 cm³/mol. The van der Waals surface area contributed by atoms with Crippen molar-refractivity contribution < 1.29 is 14.3 Å². The smallest absolute Gasteiger partial charge is 0.309 e. The van der Waals surface area contributed by atoms with Crippen LogP contribution in [0.5, 0.6) is 0 Å². The molecule has 2 unspecified atom stereocenters. The molecule has 2 saturated carbocycles. The number of nitriles is 1. The fourth-order valence-electron chi connectivity index (χ4n) is 2.92. The number of ether oxygens (including phenoxy) is 1. The van der Waals surface area contributed by atoms with Crippen LogP contribution in [0.1, 0.15) is 42.0 Å². The summed E-state index contributed by atoms with van der Waals surface area (Å²) in [5.41, 5.74) is 2.18. The van der Waals surface area contributed by atoms with Crippen molar-refractivity contribution in [2.45, 2.75) is 38.5 Å². The summed E-state index contributed by atoms with van der Waals surface area (Å²) in [6.45, 7) is 1.78. The van der Waals surface area contributed by atoms with E-state index in [0.717, 1.165) is 35.1 Å². The van der Waals surface area contributed by atoms with E-state index in [9.17, 15) is 15.3 Å². The SMILES string of the molecule is COC(=O)C1CC1c1cc(CC2(C#N)CC2)c(C)[n+]([O-])c1. The molecule has 0 bridgehead atoms. The Morgan fingerprint density at radius 2 is 2.33 bits per heavy atom. The molecule has 110 valence electrons. The summed E-state index contributed by atoms with van der Waals surface area (Å²) in [6, 6.07) is 4.36. The first-order valence-electron chi connectivity index (χ1n) is 7.21. The number of aromatic nitrogens is 1.